The smallest absolute Gasteiger partial charge is 0.194 e. The van der Waals surface area contributed by atoms with Crippen molar-refractivity contribution in [3.63, 3.8) is 0 Å². The van der Waals surface area contributed by atoms with E-state index in [0.29, 0.717) is 0 Å². The zero-order chi connectivity index (χ0) is 20.8. The summed E-state index contributed by atoms with van der Waals surface area (Å²) in [5.41, 5.74) is 2.20. The molecule has 0 unspecified atom stereocenters. The lowest BCUT2D eigenvalue weighted by atomic mass is 10.2. The molecule has 162 valence electrons. The molecule has 0 bridgehead atoms. The number of rotatable bonds is 5. The van der Waals surface area contributed by atoms with Gasteiger partial charge < -0.3 is 24.5 Å². The van der Waals surface area contributed by atoms with Gasteiger partial charge in [-0.15, -0.1) is 0 Å². The standard InChI is InChI=1S/C21H32N8O/c1-22-21(29-13-9-27(10-14-29)17-19-5-15-30-25-19)24-16-18-4-3-6-23-20(18)28-11-7-26(2)8-12-28/h3-6,15H,7-14,16-17H2,1-2H3,(H,22,24). The molecule has 0 saturated carbocycles. The molecule has 2 aromatic heterocycles. The molecule has 2 saturated heterocycles. The fourth-order valence-corrected chi connectivity index (χ4v) is 4.04. The van der Waals surface area contributed by atoms with Crippen LogP contribution in [0.4, 0.5) is 5.82 Å². The summed E-state index contributed by atoms with van der Waals surface area (Å²) in [6.07, 6.45) is 3.52. The van der Waals surface area contributed by atoms with Crippen molar-refractivity contribution < 1.29 is 4.52 Å². The molecule has 0 aliphatic carbocycles. The molecule has 0 aromatic carbocycles. The van der Waals surface area contributed by atoms with Crippen LogP contribution >= 0.6 is 0 Å². The molecule has 9 nitrogen and oxygen atoms in total. The van der Waals surface area contributed by atoms with Crippen LogP contribution in [0.3, 0.4) is 0 Å². The summed E-state index contributed by atoms with van der Waals surface area (Å²) in [5, 5.41) is 7.57. The Morgan fingerprint density at radius 2 is 1.90 bits per heavy atom. The van der Waals surface area contributed by atoms with E-state index in [1.54, 1.807) is 6.26 Å². The van der Waals surface area contributed by atoms with Crippen molar-refractivity contribution in [2.75, 3.05) is 71.4 Å². The molecule has 0 amide bonds. The third kappa shape index (κ3) is 5.09. The largest absolute Gasteiger partial charge is 0.364 e. The molecule has 2 aliphatic rings. The fourth-order valence-electron chi connectivity index (χ4n) is 4.04. The quantitative estimate of drug-likeness (QED) is 0.569. The number of nitrogens with zero attached hydrogens (tertiary/aromatic N) is 7. The molecule has 0 atom stereocenters. The molecular formula is C21H32N8O. The minimum atomic E-state index is 0.724. The van der Waals surface area contributed by atoms with Crippen LogP contribution in [0, 0.1) is 0 Å². The number of piperazine rings is 2. The highest BCUT2D eigenvalue weighted by molar-refractivity contribution is 5.80. The number of anilines is 1. The average molecular weight is 413 g/mol. The predicted molar refractivity (Wildman–Crippen MR) is 117 cm³/mol. The Hall–Kier alpha value is -2.65. The molecule has 2 aliphatic heterocycles. The molecule has 30 heavy (non-hydrogen) atoms. The van der Waals surface area contributed by atoms with Crippen molar-refractivity contribution in [3.8, 4) is 0 Å². The van der Waals surface area contributed by atoms with Gasteiger partial charge in [0.05, 0.1) is 5.69 Å². The number of pyridine rings is 1. The summed E-state index contributed by atoms with van der Waals surface area (Å²) in [5.74, 6) is 2.04. The zero-order valence-electron chi connectivity index (χ0n) is 18.0. The van der Waals surface area contributed by atoms with E-state index in [4.69, 9.17) is 4.52 Å². The SMILES string of the molecule is CN=C(NCc1cccnc1N1CCN(C)CC1)N1CCN(Cc2ccon2)CC1. The predicted octanol–water partition coefficient (Wildman–Crippen LogP) is 0.715. The molecule has 2 aromatic rings. The molecule has 9 heteroatoms. The van der Waals surface area contributed by atoms with E-state index >= 15 is 0 Å². The van der Waals surface area contributed by atoms with Gasteiger partial charge in [-0.2, -0.15) is 0 Å². The second-order valence-electron chi connectivity index (χ2n) is 7.93. The van der Waals surface area contributed by atoms with Crippen LogP contribution in [-0.2, 0) is 13.1 Å². The normalized spacial score (nSPS) is 19.3. The van der Waals surface area contributed by atoms with E-state index in [9.17, 15) is 0 Å². The third-order valence-corrected chi connectivity index (χ3v) is 5.87. The highest BCUT2D eigenvalue weighted by Crippen LogP contribution is 2.19. The van der Waals surface area contributed by atoms with Crippen LogP contribution in [0.5, 0.6) is 0 Å². The number of hydrogen-bond donors (Lipinski definition) is 1. The minimum Gasteiger partial charge on any atom is -0.364 e. The second kappa shape index (κ2) is 9.90. The van der Waals surface area contributed by atoms with Crippen LogP contribution in [-0.4, -0.2) is 97.3 Å². The van der Waals surface area contributed by atoms with Crippen molar-refractivity contribution in [2.24, 2.45) is 4.99 Å². The zero-order valence-corrected chi connectivity index (χ0v) is 18.0. The van der Waals surface area contributed by atoms with Crippen LogP contribution in [0.2, 0.25) is 0 Å². The lowest BCUT2D eigenvalue weighted by Crippen LogP contribution is -2.52. The van der Waals surface area contributed by atoms with Gasteiger partial charge in [-0.1, -0.05) is 11.2 Å². The van der Waals surface area contributed by atoms with Crippen molar-refractivity contribution in [2.45, 2.75) is 13.1 Å². The third-order valence-electron chi connectivity index (χ3n) is 5.87. The van der Waals surface area contributed by atoms with E-state index < -0.39 is 0 Å². The summed E-state index contributed by atoms with van der Waals surface area (Å²) in [6.45, 7) is 9.58. The molecule has 2 fully saturated rings. The van der Waals surface area contributed by atoms with Gasteiger partial charge in [0.25, 0.3) is 0 Å². The number of likely N-dealkylation sites (N-methyl/N-ethyl adjacent to an activating group) is 1. The first-order valence-electron chi connectivity index (χ1n) is 10.7. The first-order chi connectivity index (χ1) is 14.7. The van der Waals surface area contributed by atoms with E-state index in [-0.39, 0.29) is 0 Å². The fraction of sp³-hybridized carbons (Fsp3) is 0.571. The van der Waals surface area contributed by atoms with Crippen LogP contribution in [0.15, 0.2) is 40.2 Å². The van der Waals surface area contributed by atoms with E-state index in [0.717, 1.165) is 82.9 Å². The van der Waals surface area contributed by atoms with Gasteiger partial charge in [-0.05, 0) is 13.1 Å². The van der Waals surface area contributed by atoms with Gasteiger partial charge in [0.15, 0.2) is 5.96 Å². The van der Waals surface area contributed by atoms with Crippen molar-refractivity contribution in [1.29, 1.82) is 0 Å². The lowest BCUT2D eigenvalue weighted by Gasteiger charge is -2.36. The summed E-state index contributed by atoms with van der Waals surface area (Å²) < 4.78 is 4.94. The van der Waals surface area contributed by atoms with Crippen molar-refractivity contribution in [1.82, 2.24) is 30.2 Å². The summed E-state index contributed by atoms with van der Waals surface area (Å²) in [4.78, 5) is 18.7. The molecule has 0 spiro atoms. The monoisotopic (exact) mass is 412 g/mol. The Bertz CT molecular complexity index is 808. The number of guanidine groups is 1. The van der Waals surface area contributed by atoms with Gasteiger partial charge in [0, 0.05) is 90.3 Å². The maximum absolute atomic E-state index is 4.94. The van der Waals surface area contributed by atoms with Crippen LogP contribution in [0.25, 0.3) is 0 Å². The summed E-state index contributed by atoms with van der Waals surface area (Å²) in [6, 6.07) is 6.11. The topological polar surface area (TPSA) is 76.3 Å². The summed E-state index contributed by atoms with van der Waals surface area (Å²) in [7, 11) is 4.03. The first kappa shape index (κ1) is 20.6. The summed E-state index contributed by atoms with van der Waals surface area (Å²) >= 11 is 0. The van der Waals surface area contributed by atoms with E-state index in [1.165, 1.54) is 5.56 Å². The highest BCUT2D eigenvalue weighted by Gasteiger charge is 2.21. The Morgan fingerprint density at radius 3 is 2.60 bits per heavy atom. The maximum Gasteiger partial charge on any atom is 0.194 e. The van der Waals surface area contributed by atoms with Gasteiger partial charge in [0.1, 0.15) is 12.1 Å². The second-order valence-corrected chi connectivity index (χ2v) is 7.93. The highest BCUT2D eigenvalue weighted by atomic mass is 16.5. The van der Waals surface area contributed by atoms with Gasteiger partial charge >= 0.3 is 0 Å². The number of nitrogens with one attached hydrogen (secondary N) is 1. The lowest BCUT2D eigenvalue weighted by molar-refractivity contribution is 0.169. The minimum absolute atomic E-state index is 0.724. The van der Waals surface area contributed by atoms with Crippen LogP contribution in [0.1, 0.15) is 11.3 Å². The Morgan fingerprint density at radius 1 is 1.10 bits per heavy atom. The number of aliphatic imine (C=N–C) groups is 1. The van der Waals surface area contributed by atoms with Crippen LogP contribution < -0.4 is 10.2 Å². The molecule has 4 heterocycles. The van der Waals surface area contributed by atoms with Crippen molar-refractivity contribution in [3.05, 3.63) is 41.9 Å². The van der Waals surface area contributed by atoms with E-state index in [2.05, 4.69) is 53.2 Å². The van der Waals surface area contributed by atoms with Gasteiger partial charge in [-0.3, -0.25) is 9.89 Å². The van der Waals surface area contributed by atoms with Gasteiger partial charge in [0.2, 0.25) is 0 Å². The molecule has 4 rings (SSSR count). The molecule has 0 radical (unpaired) electrons. The average Bonchev–Trinajstić information content (AvgIpc) is 3.29. The Balaban J connectivity index is 1.31. The van der Waals surface area contributed by atoms with E-state index in [1.807, 2.05) is 25.4 Å². The molecular weight excluding hydrogens is 380 g/mol. The Kier molecular flexibility index (Phi) is 6.81. The maximum atomic E-state index is 4.94. The number of hydrogen-bond acceptors (Lipinski definition) is 7. The van der Waals surface area contributed by atoms with Crippen molar-refractivity contribution >= 4 is 11.8 Å². The number of aromatic nitrogens is 2. The molecule has 1 N–H and O–H groups in total. The first-order valence-corrected chi connectivity index (χ1v) is 10.7. The van der Waals surface area contributed by atoms with Gasteiger partial charge in [-0.25, -0.2) is 4.98 Å². The Labute approximate surface area is 178 Å².